The maximum atomic E-state index is 10.6. The van der Waals surface area contributed by atoms with Crippen molar-refractivity contribution in [3.05, 3.63) is 35.9 Å². The highest BCUT2D eigenvalue weighted by Crippen LogP contribution is 2.05. The third-order valence-corrected chi connectivity index (χ3v) is 3.53. The van der Waals surface area contributed by atoms with Crippen LogP contribution in [0.3, 0.4) is 0 Å². The molecule has 3 nitrogen and oxygen atoms in total. The van der Waals surface area contributed by atoms with Crippen LogP contribution < -0.4 is 0 Å². The van der Waals surface area contributed by atoms with Crippen LogP contribution in [0.1, 0.15) is 24.8 Å². The van der Waals surface area contributed by atoms with Crippen LogP contribution in [0.4, 0.5) is 0 Å². The Morgan fingerprint density at radius 2 is 1.76 bits per heavy atom. The number of hydrogen-bond donors (Lipinski definition) is 0. The molecule has 0 spiro atoms. The van der Waals surface area contributed by atoms with Crippen molar-refractivity contribution < 1.29 is 13.2 Å². The van der Waals surface area contributed by atoms with Gasteiger partial charge in [-0.25, -0.2) is 8.42 Å². The first-order valence-electron chi connectivity index (χ1n) is 5.62. The van der Waals surface area contributed by atoms with Crippen molar-refractivity contribution in [2.75, 3.05) is 12.4 Å². The highest BCUT2D eigenvalue weighted by molar-refractivity contribution is 8.13. The lowest BCUT2D eigenvalue weighted by Crippen LogP contribution is -1.99. The number of benzene rings is 1. The van der Waals surface area contributed by atoms with Gasteiger partial charge >= 0.3 is 0 Å². The van der Waals surface area contributed by atoms with Crippen LogP contribution in [0.15, 0.2) is 30.3 Å². The zero-order chi connectivity index (χ0) is 12.6. The van der Waals surface area contributed by atoms with E-state index in [9.17, 15) is 8.42 Å². The molecule has 96 valence electrons. The molecule has 0 aromatic heterocycles. The minimum Gasteiger partial charge on any atom is -0.377 e. The Kier molecular flexibility index (Phi) is 6.55. The summed E-state index contributed by atoms with van der Waals surface area (Å²) >= 11 is 0. The molecule has 1 aromatic rings. The fraction of sp³-hybridized carbons (Fsp3) is 0.500. The summed E-state index contributed by atoms with van der Waals surface area (Å²) in [6.45, 7) is 1.26. The number of rotatable bonds is 8. The second-order valence-corrected chi connectivity index (χ2v) is 6.74. The van der Waals surface area contributed by atoms with Gasteiger partial charge in [-0.3, -0.25) is 0 Å². The number of hydrogen-bond acceptors (Lipinski definition) is 3. The maximum absolute atomic E-state index is 10.6. The lowest BCUT2D eigenvalue weighted by molar-refractivity contribution is 0.117. The van der Waals surface area contributed by atoms with Crippen molar-refractivity contribution in [1.82, 2.24) is 0 Å². The Hall–Kier alpha value is -0.580. The van der Waals surface area contributed by atoms with Crippen molar-refractivity contribution in [1.29, 1.82) is 0 Å². The van der Waals surface area contributed by atoms with E-state index >= 15 is 0 Å². The van der Waals surface area contributed by atoms with E-state index in [0.717, 1.165) is 18.4 Å². The second-order valence-electron chi connectivity index (χ2n) is 3.84. The number of unbranched alkanes of at least 4 members (excludes halogenated alkanes) is 2. The van der Waals surface area contributed by atoms with Crippen LogP contribution in [0.2, 0.25) is 0 Å². The predicted molar refractivity (Wildman–Crippen MR) is 69.6 cm³/mol. The molecule has 0 fully saturated rings. The van der Waals surface area contributed by atoms with E-state index in [-0.39, 0.29) is 5.75 Å². The van der Waals surface area contributed by atoms with E-state index in [1.165, 1.54) is 0 Å². The van der Waals surface area contributed by atoms with Gasteiger partial charge in [-0.2, -0.15) is 0 Å². The van der Waals surface area contributed by atoms with Gasteiger partial charge in [0.25, 0.3) is 0 Å². The molecule has 0 N–H and O–H groups in total. The van der Waals surface area contributed by atoms with Crippen molar-refractivity contribution in [2.24, 2.45) is 0 Å². The molecule has 0 saturated heterocycles. The molecular weight excluding hydrogens is 260 g/mol. The summed E-state index contributed by atoms with van der Waals surface area (Å²) in [6, 6.07) is 9.95. The number of ether oxygens (including phenoxy) is 1. The molecule has 0 radical (unpaired) electrons. The minimum absolute atomic E-state index is 0.0489. The Bertz CT molecular complexity index is 403. The quantitative estimate of drug-likeness (QED) is 0.542. The molecule has 17 heavy (non-hydrogen) atoms. The lowest BCUT2D eigenvalue weighted by Gasteiger charge is -2.03. The molecule has 0 aliphatic rings. The molecule has 5 heteroatoms. The highest BCUT2D eigenvalue weighted by Gasteiger charge is 2.03. The molecule has 1 rings (SSSR count). The Morgan fingerprint density at radius 1 is 1.06 bits per heavy atom. The summed E-state index contributed by atoms with van der Waals surface area (Å²) in [5.41, 5.74) is 1.15. The van der Waals surface area contributed by atoms with Crippen LogP contribution in [0, 0.1) is 0 Å². The van der Waals surface area contributed by atoms with E-state index in [1.807, 2.05) is 30.3 Å². The Balaban J connectivity index is 1.99. The molecule has 0 unspecified atom stereocenters. The van der Waals surface area contributed by atoms with Gasteiger partial charge in [-0.15, -0.1) is 0 Å². The summed E-state index contributed by atoms with van der Waals surface area (Å²) in [5, 5.41) is 0. The van der Waals surface area contributed by atoms with Crippen LogP contribution >= 0.6 is 10.7 Å². The van der Waals surface area contributed by atoms with Gasteiger partial charge in [0.1, 0.15) is 0 Å². The third-order valence-electron chi connectivity index (χ3n) is 2.29. The van der Waals surface area contributed by atoms with Gasteiger partial charge in [0.2, 0.25) is 9.05 Å². The third kappa shape index (κ3) is 8.18. The van der Waals surface area contributed by atoms with Crippen LogP contribution in [0.5, 0.6) is 0 Å². The van der Waals surface area contributed by atoms with Gasteiger partial charge in [0.05, 0.1) is 12.4 Å². The zero-order valence-corrected chi connectivity index (χ0v) is 11.2. The van der Waals surface area contributed by atoms with Gasteiger partial charge in [0, 0.05) is 17.3 Å². The van der Waals surface area contributed by atoms with Crippen molar-refractivity contribution in [3.63, 3.8) is 0 Å². The molecule has 0 bridgehead atoms. The first-order valence-corrected chi connectivity index (χ1v) is 8.10. The van der Waals surface area contributed by atoms with Gasteiger partial charge in [-0.1, -0.05) is 36.8 Å². The number of halogens is 1. The average molecular weight is 277 g/mol. The highest BCUT2D eigenvalue weighted by atomic mass is 35.7. The molecule has 0 atom stereocenters. The fourth-order valence-electron chi connectivity index (χ4n) is 1.42. The minimum atomic E-state index is -3.33. The van der Waals surface area contributed by atoms with E-state index in [0.29, 0.717) is 19.6 Å². The molecule has 0 heterocycles. The summed E-state index contributed by atoms with van der Waals surface area (Å²) in [4.78, 5) is 0. The van der Waals surface area contributed by atoms with E-state index < -0.39 is 9.05 Å². The van der Waals surface area contributed by atoms with Crippen molar-refractivity contribution in [3.8, 4) is 0 Å². The van der Waals surface area contributed by atoms with Gasteiger partial charge in [0.15, 0.2) is 0 Å². The van der Waals surface area contributed by atoms with E-state index in [1.54, 1.807) is 0 Å². The normalized spacial score (nSPS) is 11.6. The zero-order valence-electron chi connectivity index (χ0n) is 9.64. The largest absolute Gasteiger partial charge is 0.377 e. The molecule has 0 saturated carbocycles. The molecule has 0 aliphatic heterocycles. The summed E-state index contributed by atoms with van der Waals surface area (Å²) in [5.74, 6) is 0.0489. The maximum Gasteiger partial charge on any atom is 0.232 e. The van der Waals surface area contributed by atoms with E-state index in [2.05, 4.69) is 0 Å². The monoisotopic (exact) mass is 276 g/mol. The lowest BCUT2D eigenvalue weighted by atomic mass is 10.2. The molecular formula is C12H17ClO3S. The van der Waals surface area contributed by atoms with Crippen LogP contribution in [0.25, 0.3) is 0 Å². The van der Waals surface area contributed by atoms with Crippen LogP contribution in [-0.2, 0) is 20.4 Å². The first-order chi connectivity index (χ1) is 8.08. The summed E-state index contributed by atoms with van der Waals surface area (Å²) < 4.78 is 26.7. The molecule has 0 aliphatic carbocycles. The standard InChI is InChI=1S/C12H17ClO3S/c13-17(14,15)10-6-2-5-9-16-11-12-7-3-1-4-8-12/h1,3-4,7-8H,2,5-6,9-11H2. The topological polar surface area (TPSA) is 43.4 Å². The van der Waals surface area contributed by atoms with E-state index in [4.69, 9.17) is 15.4 Å². The smallest absolute Gasteiger partial charge is 0.232 e. The van der Waals surface area contributed by atoms with Gasteiger partial charge in [-0.05, 0) is 18.4 Å². The first kappa shape index (κ1) is 14.5. The fourth-order valence-corrected chi connectivity index (χ4v) is 2.30. The van der Waals surface area contributed by atoms with Gasteiger partial charge < -0.3 is 4.74 Å². The van der Waals surface area contributed by atoms with Crippen molar-refractivity contribution >= 4 is 19.7 Å². The second kappa shape index (κ2) is 7.69. The van der Waals surface area contributed by atoms with Crippen molar-refractivity contribution in [2.45, 2.75) is 25.9 Å². The van der Waals surface area contributed by atoms with Crippen LogP contribution in [-0.4, -0.2) is 20.8 Å². The SMILES string of the molecule is O=S(=O)(Cl)CCCCCOCc1ccccc1. The molecule has 0 amide bonds. The summed E-state index contributed by atoms with van der Waals surface area (Å²) in [7, 11) is 1.77. The predicted octanol–water partition coefficient (Wildman–Crippen LogP) is 2.94. The Labute approximate surface area is 107 Å². The average Bonchev–Trinajstić information content (AvgIpc) is 2.28. The molecule has 1 aromatic carbocycles. The Morgan fingerprint density at radius 3 is 2.41 bits per heavy atom. The summed E-state index contributed by atoms with van der Waals surface area (Å²) in [6.07, 6.45) is 2.28.